The Kier molecular flexibility index (Phi) is 7.82. The molecule has 0 aliphatic carbocycles. The summed E-state index contributed by atoms with van der Waals surface area (Å²) in [6.45, 7) is 7.68. The number of fused-ring (bicyclic) bond motifs is 1. The maximum Gasteiger partial charge on any atom is 0.277 e. The van der Waals surface area contributed by atoms with E-state index in [1.165, 1.54) is 12.4 Å². The molecule has 5 heterocycles. The van der Waals surface area contributed by atoms with Crippen LogP contribution in [0.15, 0.2) is 35.7 Å². The Bertz CT molecular complexity index is 1330. The molecule has 1 amide bonds. The fourth-order valence-corrected chi connectivity index (χ4v) is 4.96. The van der Waals surface area contributed by atoms with Gasteiger partial charge in [-0.05, 0) is 19.9 Å². The smallest absolute Gasteiger partial charge is 0.277 e. The Balaban J connectivity index is 1.52. The van der Waals surface area contributed by atoms with Gasteiger partial charge < -0.3 is 18.9 Å². The van der Waals surface area contributed by atoms with Crippen molar-refractivity contribution in [2.45, 2.75) is 38.9 Å². The van der Waals surface area contributed by atoms with Gasteiger partial charge in [0.25, 0.3) is 5.91 Å². The molecule has 2 N–H and O–H groups in total. The summed E-state index contributed by atoms with van der Waals surface area (Å²) in [6.07, 6.45) is 5.27. The molecule has 1 atom stereocenters. The van der Waals surface area contributed by atoms with Crippen molar-refractivity contribution in [3.8, 4) is 5.88 Å². The van der Waals surface area contributed by atoms with Gasteiger partial charge in [0.05, 0.1) is 44.2 Å². The number of aliphatic imine (C=N–C) groups is 1. The van der Waals surface area contributed by atoms with Gasteiger partial charge in [-0.3, -0.25) is 14.9 Å². The van der Waals surface area contributed by atoms with Crippen LogP contribution in [0.3, 0.4) is 0 Å². The van der Waals surface area contributed by atoms with Crippen LogP contribution in [0.25, 0.3) is 0 Å². The van der Waals surface area contributed by atoms with Gasteiger partial charge in [-0.2, -0.15) is 0 Å². The monoisotopic (exact) mass is 535 g/mol. The van der Waals surface area contributed by atoms with E-state index in [2.05, 4.69) is 38.3 Å². The molecule has 3 aromatic heterocycles. The van der Waals surface area contributed by atoms with Crippen LogP contribution in [-0.4, -0.2) is 86.7 Å². The molecule has 0 saturated carbocycles. The zero-order valence-corrected chi connectivity index (χ0v) is 22.5. The van der Waals surface area contributed by atoms with Crippen molar-refractivity contribution >= 4 is 23.4 Å². The second-order valence-electron chi connectivity index (χ2n) is 9.79. The second kappa shape index (κ2) is 11.4. The van der Waals surface area contributed by atoms with Crippen LogP contribution in [0.5, 0.6) is 5.88 Å². The lowest BCUT2D eigenvalue weighted by molar-refractivity contribution is 0.0165. The SMILES string of the molecule is COc1ccc(C2=Nc3c(nc(CN(C)c4ncc(C(=O)NO)cn4)n3C(C)C)C(N3CCOCC3)C2)cn1. The number of hydroxylamine groups is 1. The average molecular weight is 536 g/mol. The van der Waals surface area contributed by atoms with Crippen LogP contribution >= 0.6 is 0 Å². The lowest BCUT2D eigenvalue weighted by atomic mass is 9.97. The number of amides is 1. The summed E-state index contributed by atoms with van der Waals surface area (Å²) < 4.78 is 13.1. The zero-order valence-electron chi connectivity index (χ0n) is 22.5. The van der Waals surface area contributed by atoms with Crippen molar-refractivity contribution in [2.75, 3.05) is 45.4 Å². The van der Waals surface area contributed by atoms with Gasteiger partial charge in [0, 0.05) is 62.8 Å². The van der Waals surface area contributed by atoms with E-state index in [1.807, 2.05) is 30.3 Å². The number of imidazole rings is 1. The number of pyridine rings is 1. The number of hydrogen-bond acceptors (Lipinski definition) is 11. The Hall–Kier alpha value is -3.94. The molecule has 39 heavy (non-hydrogen) atoms. The number of aromatic nitrogens is 5. The molecule has 2 aliphatic heterocycles. The number of carbonyl (C=O) groups is 1. The third kappa shape index (κ3) is 5.46. The summed E-state index contributed by atoms with van der Waals surface area (Å²) in [6, 6.07) is 4.00. The molecular weight excluding hydrogens is 502 g/mol. The molecule has 13 heteroatoms. The van der Waals surface area contributed by atoms with E-state index >= 15 is 0 Å². The molecule has 0 bridgehead atoms. The highest BCUT2D eigenvalue weighted by atomic mass is 16.5. The van der Waals surface area contributed by atoms with Crippen LogP contribution < -0.4 is 15.1 Å². The average Bonchev–Trinajstić information content (AvgIpc) is 3.34. The molecule has 13 nitrogen and oxygen atoms in total. The predicted molar refractivity (Wildman–Crippen MR) is 143 cm³/mol. The van der Waals surface area contributed by atoms with E-state index < -0.39 is 5.91 Å². The lowest BCUT2D eigenvalue weighted by Gasteiger charge is -2.35. The molecule has 5 rings (SSSR count). The first kappa shape index (κ1) is 26.7. The molecule has 1 fully saturated rings. The number of ether oxygens (including phenoxy) is 2. The minimum atomic E-state index is -0.665. The molecule has 1 saturated heterocycles. The maximum atomic E-state index is 11.6. The standard InChI is InChI=1S/C26H33N9O4/c1-16(2)35-21(15-33(3)26-28-13-18(14-29-26)25(36)32-37)31-23-20(34-7-9-39-10-8-34)11-19(30-24(23)35)17-5-6-22(38-4)27-12-17/h5-6,12-14,16,20,37H,7-11,15H2,1-4H3,(H,32,36). The van der Waals surface area contributed by atoms with E-state index in [0.29, 0.717) is 38.0 Å². The summed E-state index contributed by atoms with van der Waals surface area (Å²) in [5, 5.41) is 8.85. The number of nitrogens with one attached hydrogen (secondary N) is 1. The number of hydrogen-bond donors (Lipinski definition) is 2. The van der Waals surface area contributed by atoms with Crippen LogP contribution in [0.1, 0.15) is 59.8 Å². The number of rotatable bonds is 8. The molecule has 0 radical (unpaired) electrons. The van der Waals surface area contributed by atoms with Crippen molar-refractivity contribution in [2.24, 2.45) is 4.99 Å². The summed E-state index contributed by atoms with van der Waals surface area (Å²) in [4.78, 5) is 39.2. The Morgan fingerprint density at radius 3 is 2.56 bits per heavy atom. The number of methoxy groups -OCH3 is 1. The Labute approximate surface area is 226 Å². The highest BCUT2D eigenvalue weighted by Crippen LogP contribution is 2.40. The fourth-order valence-electron chi connectivity index (χ4n) is 4.96. The minimum Gasteiger partial charge on any atom is -0.481 e. The first-order chi connectivity index (χ1) is 18.9. The predicted octanol–water partition coefficient (Wildman–Crippen LogP) is 2.31. The third-order valence-electron chi connectivity index (χ3n) is 6.93. The lowest BCUT2D eigenvalue weighted by Crippen LogP contribution is -2.40. The van der Waals surface area contributed by atoms with Gasteiger partial charge in [-0.25, -0.2) is 30.4 Å². The third-order valence-corrected chi connectivity index (χ3v) is 6.93. The van der Waals surface area contributed by atoms with Gasteiger partial charge >= 0.3 is 0 Å². The summed E-state index contributed by atoms with van der Waals surface area (Å²) in [7, 11) is 3.47. The van der Waals surface area contributed by atoms with Crippen molar-refractivity contribution in [3.63, 3.8) is 0 Å². The topological polar surface area (TPSA) is 143 Å². The Morgan fingerprint density at radius 1 is 1.21 bits per heavy atom. The zero-order chi connectivity index (χ0) is 27.5. The molecule has 2 aliphatic rings. The van der Waals surface area contributed by atoms with E-state index in [1.54, 1.807) is 12.6 Å². The van der Waals surface area contributed by atoms with Crippen LogP contribution in [-0.2, 0) is 11.3 Å². The largest absolute Gasteiger partial charge is 0.481 e. The highest BCUT2D eigenvalue weighted by Gasteiger charge is 2.35. The van der Waals surface area contributed by atoms with Gasteiger partial charge in [-0.1, -0.05) is 0 Å². The Morgan fingerprint density at radius 2 is 1.95 bits per heavy atom. The van der Waals surface area contributed by atoms with Crippen molar-refractivity contribution in [1.82, 2.24) is 34.9 Å². The summed E-state index contributed by atoms with van der Waals surface area (Å²) >= 11 is 0. The van der Waals surface area contributed by atoms with E-state index in [9.17, 15) is 4.79 Å². The van der Waals surface area contributed by atoms with Crippen molar-refractivity contribution < 1.29 is 19.5 Å². The number of anilines is 1. The molecule has 3 aromatic rings. The van der Waals surface area contributed by atoms with E-state index in [4.69, 9.17) is 24.7 Å². The summed E-state index contributed by atoms with van der Waals surface area (Å²) in [5.74, 6) is 2.01. The van der Waals surface area contributed by atoms with Crippen molar-refractivity contribution in [1.29, 1.82) is 0 Å². The van der Waals surface area contributed by atoms with Gasteiger partial charge in [0.15, 0.2) is 5.82 Å². The minimum absolute atomic E-state index is 0.0510. The normalized spacial score (nSPS) is 17.5. The number of nitrogens with zero attached hydrogens (tertiary/aromatic N) is 8. The molecule has 0 aromatic carbocycles. The summed E-state index contributed by atoms with van der Waals surface area (Å²) in [5.41, 5.74) is 4.62. The van der Waals surface area contributed by atoms with Crippen molar-refractivity contribution in [3.05, 3.63) is 53.4 Å². The highest BCUT2D eigenvalue weighted by molar-refractivity contribution is 6.03. The molecule has 206 valence electrons. The number of morpholine rings is 1. The quantitative estimate of drug-likeness (QED) is 0.326. The molecule has 1 unspecified atom stereocenters. The van der Waals surface area contributed by atoms with Gasteiger partial charge in [0.1, 0.15) is 11.5 Å². The number of carbonyl (C=O) groups excluding carboxylic acids is 1. The molecule has 0 spiro atoms. The van der Waals surface area contributed by atoms with Crippen LogP contribution in [0.2, 0.25) is 0 Å². The van der Waals surface area contributed by atoms with Crippen LogP contribution in [0.4, 0.5) is 11.8 Å². The second-order valence-corrected chi connectivity index (χ2v) is 9.79. The first-order valence-corrected chi connectivity index (χ1v) is 12.9. The van der Waals surface area contributed by atoms with E-state index in [0.717, 1.165) is 41.7 Å². The maximum absolute atomic E-state index is 11.6. The fraction of sp³-hybridized carbons (Fsp3) is 0.462. The molecular formula is C26H33N9O4. The van der Waals surface area contributed by atoms with E-state index in [-0.39, 0.29) is 17.6 Å². The van der Waals surface area contributed by atoms with Gasteiger partial charge in [-0.15, -0.1) is 0 Å². The first-order valence-electron chi connectivity index (χ1n) is 12.9. The van der Waals surface area contributed by atoms with Crippen LogP contribution in [0, 0.1) is 0 Å². The van der Waals surface area contributed by atoms with Gasteiger partial charge in [0.2, 0.25) is 11.8 Å².